The van der Waals surface area contributed by atoms with E-state index >= 15 is 0 Å². The smallest absolute Gasteiger partial charge is 0.107 e. The van der Waals surface area contributed by atoms with E-state index in [1.165, 1.54) is 96.3 Å². The topological polar surface area (TPSA) is 20.2 Å². The largest absolute Gasteiger partial charge is 0.462 e. The number of hydrogen-bond donors (Lipinski definition) is 1. The molecule has 0 amide bonds. The zero-order valence-electron chi connectivity index (χ0n) is 16.0. The Kier molecular flexibility index (Phi) is 18.9. The Balaban J connectivity index is 2.98. The summed E-state index contributed by atoms with van der Waals surface area (Å²) >= 11 is 0. The summed E-state index contributed by atoms with van der Waals surface area (Å²) in [5.41, 5.74) is 0. The van der Waals surface area contributed by atoms with Gasteiger partial charge in [0.1, 0.15) is 6.11 Å². The van der Waals surface area contributed by atoms with Crippen LogP contribution in [0.2, 0.25) is 0 Å². The van der Waals surface area contributed by atoms with E-state index in [1.54, 1.807) is 0 Å². The fourth-order valence-corrected chi connectivity index (χ4v) is 3.12. The van der Waals surface area contributed by atoms with E-state index in [-0.39, 0.29) is 0 Å². The summed E-state index contributed by atoms with van der Waals surface area (Å²) in [5, 5.41) is 8.35. The van der Waals surface area contributed by atoms with Crippen LogP contribution in [-0.4, -0.2) is 5.11 Å². The van der Waals surface area contributed by atoms with Gasteiger partial charge in [0, 0.05) is 6.42 Å². The zero-order valence-corrected chi connectivity index (χ0v) is 16.0. The maximum absolute atomic E-state index is 8.35. The predicted octanol–water partition coefficient (Wildman–Crippen LogP) is 7.61. The molecule has 0 aliphatic rings. The van der Waals surface area contributed by atoms with E-state index in [4.69, 9.17) is 5.11 Å². The van der Waals surface area contributed by atoms with E-state index in [0.29, 0.717) is 0 Å². The van der Waals surface area contributed by atoms with Gasteiger partial charge in [0.05, 0.1) is 0 Å². The minimum atomic E-state index is 0.855. The highest BCUT2D eigenvalue weighted by atomic mass is 16.2. The monoisotopic (exact) mass is 322 g/mol. The lowest BCUT2D eigenvalue weighted by Gasteiger charge is -2.05. The summed E-state index contributed by atoms with van der Waals surface area (Å²) in [6.07, 6.45) is 25.2. The van der Waals surface area contributed by atoms with Gasteiger partial charge in [-0.3, -0.25) is 0 Å². The summed E-state index contributed by atoms with van der Waals surface area (Å²) in [6.45, 7) is 4.66. The molecule has 0 rings (SSSR count). The molecule has 1 nitrogen and oxygen atoms in total. The summed E-state index contributed by atoms with van der Waals surface area (Å²) in [6, 6.07) is 0. The molecule has 0 heterocycles. The molecule has 0 saturated heterocycles. The minimum absolute atomic E-state index is 0.855. The molecule has 0 saturated carbocycles. The fourth-order valence-electron chi connectivity index (χ4n) is 3.12. The molecular weight excluding hydrogens is 280 g/mol. The third-order valence-corrected chi connectivity index (χ3v) is 4.66. The van der Waals surface area contributed by atoms with Crippen molar-refractivity contribution in [2.75, 3.05) is 0 Å². The SMILES string of the molecule is CC(C)CCCCCCCCCCCCCCCCCC#CO. The van der Waals surface area contributed by atoms with Crippen molar-refractivity contribution in [3.63, 3.8) is 0 Å². The standard InChI is InChI=1S/C22H42O/c1-22(2)20-18-16-14-12-10-8-6-4-3-5-7-9-11-13-15-17-19-21-23/h22-23H,3-18,20H2,1-2H3. The first-order chi connectivity index (χ1) is 11.3. The number of rotatable bonds is 17. The van der Waals surface area contributed by atoms with Crippen LogP contribution in [-0.2, 0) is 0 Å². The average Bonchev–Trinajstić information content (AvgIpc) is 2.53. The fraction of sp³-hybridized carbons (Fsp3) is 0.909. The van der Waals surface area contributed by atoms with Gasteiger partial charge in [-0.15, -0.1) is 0 Å². The Morgan fingerprint density at radius 3 is 1.26 bits per heavy atom. The highest BCUT2D eigenvalue weighted by Crippen LogP contribution is 2.14. The predicted molar refractivity (Wildman–Crippen MR) is 103 cm³/mol. The second kappa shape index (κ2) is 19.4. The summed E-state index contributed by atoms with van der Waals surface area (Å²) in [5.74, 6) is 3.59. The first kappa shape index (κ1) is 22.4. The van der Waals surface area contributed by atoms with Crippen LogP contribution in [0, 0.1) is 17.9 Å². The van der Waals surface area contributed by atoms with Crippen LogP contribution < -0.4 is 0 Å². The van der Waals surface area contributed by atoms with E-state index in [2.05, 4.69) is 19.8 Å². The van der Waals surface area contributed by atoms with Crippen molar-refractivity contribution in [2.24, 2.45) is 5.92 Å². The molecule has 0 radical (unpaired) electrons. The van der Waals surface area contributed by atoms with Crippen molar-refractivity contribution in [3.8, 4) is 12.0 Å². The van der Waals surface area contributed by atoms with Crippen LogP contribution >= 0.6 is 0 Å². The van der Waals surface area contributed by atoms with Crippen LogP contribution in [0.1, 0.15) is 123 Å². The highest BCUT2D eigenvalue weighted by molar-refractivity contribution is 4.88. The van der Waals surface area contributed by atoms with Crippen LogP contribution in [0.25, 0.3) is 0 Å². The van der Waals surface area contributed by atoms with Gasteiger partial charge in [0.15, 0.2) is 0 Å². The average molecular weight is 323 g/mol. The van der Waals surface area contributed by atoms with Crippen molar-refractivity contribution >= 4 is 0 Å². The van der Waals surface area contributed by atoms with E-state index < -0.39 is 0 Å². The molecule has 0 aromatic heterocycles. The second-order valence-corrected chi connectivity index (χ2v) is 7.52. The van der Waals surface area contributed by atoms with Gasteiger partial charge >= 0.3 is 0 Å². The molecule has 0 aliphatic carbocycles. The molecule has 1 N–H and O–H groups in total. The van der Waals surface area contributed by atoms with Crippen LogP contribution in [0.15, 0.2) is 0 Å². The van der Waals surface area contributed by atoms with Gasteiger partial charge in [-0.2, -0.15) is 0 Å². The minimum Gasteiger partial charge on any atom is -0.462 e. The number of hydrogen-bond acceptors (Lipinski definition) is 1. The normalized spacial score (nSPS) is 10.7. The van der Waals surface area contributed by atoms with Crippen molar-refractivity contribution in [3.05, 3.63) is 0 Å². The molecule has 0 bridgehead atoms. The maximum atomic E-state index is 8.35. The third kappa shape index (κ3) is 21.4. The van der Waals surface area contributed by atoms with Gasteiger partial charge in [-0.1, -0.05) is 116 Å². The molecule has 0 fully saturated rings. The molecule has 0 aromatic carbocycles. The van der Waals surface area contributed by atoms with Gasteiger partial charge in [-0.05, 0) is 12.3 Å². The zero-order chi connectivity index (χ0) is 17.0. The van der Waals surface area contributed by atoms with Crippen molar-refractivity contribution < 1.29 is 5.11 Å². The highest BCUT2D eigenvalue weighted by Gasteiger charge is 1.96. The number of unbranched alkanes of at least 4 members (excludes halogenated alkanes) is 15. The van der Waals surface area contributed by atoms with Crippen molar-refractivity contribution in [2.45, 2.75) is 123 Å². The van der Waals surface area contributed by atoms with Gasteiger partial charge < -0.3 is 5.11 Å². The summed E-state index contributed by atoms with van der Waals surface area (Å²) < 4.78 is 0. The number of aliphatic hydroxyl groups excluding tert-OH is 1. The molecule has 1 heteroatoms. The first-order valence-corrected chi connectivity index (χ1v) is 10.4. The van der Waals surface area contributed by atoms with Crippen molar-refractivity contribution in [1.82, 2.24) is 0 Å². The maximum Gasteiger partial charge on any atom is 0.107 e. The van der Waals surface area contributed by atoms with E-state index in [9.17, 15) is 0 Å². The Hall–Kier alpha value is -0.640. The Morgan fingerprint density at radius 1 is 0.565 bits per heavy atom. The third-order valence-electron chi connectivity index (χ3n) is 4.66. The molecule has 136 valence electrons. The lowest BCUT2D eigenvalue weighted by molar-refractivity contribution is 0.502. The van der Waals surface area contributed by atoms with Gasteiger partial charge in [0.2, 0.25) is 0 Å². The van der Waals surface area contributed by atoms with Crippen LogP contribution in [0.3, 0.4) is 0 Å². The molecule has 0 unspecified atom stereocenters. The molecule has 0 spiro atoms. The van der Waals surface area contributed by atoms with Crippen LogP contribution in [0.4, 0.5) is 0 Å². The Labute approximate surface area is 146 Å². The van der Waals surface area contributed by atoms with Gasteiger partial charge in [0.25, 0.3) is 0 Å². The lowest BCUT2D eigenvalue weighted by atomic mass is 10.0. The number of aliphatic hydroxyl groups is 1. The van der Waals surface area contributed by atoms with E-state index in [1.807, 2.05) is 6.11 Å². The quantitative estimate of drug-likeness (QED) is 0.216. The van der Waals surface area contributed by atoms with Crippen LogP contribution in [0.5, 0.6) is 0 Å². The molecular formula is C22H42O. The molecule has 0 aliphatic heterocycles. The molecule has 23 heavy (non-hydrogen) atoms. The van der Waals surface area contributed by atoms with Crippen molar-refractivity contribution in [1.29, 1.82) is 0 Å². The Bertz CT molecular complexity index is 271. The lowest BCUT2D eigenvalue weighted by Crippen LogP contribution is -1.87. The molecule has 0 aromatic rings. The first-order valence-electron chi connectivity index (χ1n) is 10.4. The molecule has 0 atom stereocenters. The summed E-state index contributed by atoms with van der Waals surface area (Å²) in [4.78, 5) is 0. The summed E-state index contributed by atoms with van der Waals surface area (Å²) in [7, 11) is 0. The van der Waals surface area contributed by atoms with Gasteiger partial charge in [-0.25, -0.2) is 0 Å². The van der Waals surface area contributed by atoms with E-state index in [0.717, 1.165) is 18.8 Å². The second-order valence-electron chi connectivity index (χ2n) is 7.52. The Morgan fingerprint density at radius 2 is 0.913 bits per heavy atom.